The molecule has 1 saturated heterocycles. The summed E-state index contributed by atoms with van der Waals surface area (Å²) in [5, 5.41) is 0.474. The van der Waals surface area contributed by atoms with Gasteiger partial charge in [-0.05, 0) is 35.9 Å². The first kappa shape index (κ1) is 19.0. The van der Waals surface area contributed by atoms with Gasteiger partial charge in [0.1, 0.15) is 6.04 Å². The van der Waals surface area contributed by atoms with Crippen LogP contribution in [0.1, 0.15) is 22.5 Å². The fourth-order valence-electron chi connectivity index (χ4n) is 3.38. The topological polar surface area (TPSA) is 70.8 Å². The summed E-state index contributed by atoms with van der Waals surface area (Å²) >= 11 is 6.27. The number of carbonyl (C=O) groups excluding carboxylic acids is 3. The Kier molecular flexibility index (Phi) is 5.18. The van der Waals surface area contributed by atoms with Gasteiger partial charge in [0.2, 0.25) is 5.91 Å². The van der Waals surface area contributed by atoms with Gasteiger partial charge in [-0.25, -0.2) is 4.90 Å². The van der Waals surface area contributed by atoms with Crippen LogP contribution in [0.25, 0.3) is 0 Å². The molecule has 1 unspecified atom stereocenters. The number of carbonyl (C=O) groups is 3. The van der Waals surface area contributed by atoms with Crippen LogP contribution in [0.2, 0.25) is 5.02 Å². The van der Waals surface area contributed by atoms with Gasteiger partial charge in [-0.1, -0.05) is 48.0 Å². The van der Waals surface area contributed by atoms with Crippen LogP contribution in [0.5, 0.6) is 0 Å². The maximum absolute atomic E-state index is 13.2. The van der Waals surface area contributed by atoms with Gasteiger partial charge < -0.3 is 9.32 Å². The SMILES string of the molecule is O=C1CC(N(Cc2ccccc2Cl)C(=O)c2ccco2)C(=O)N1c1ccccc1. The highest BCUT2D eigenvalue weighted by Crippen LogP contribution is 2.29. The molecule has 146 valence electrons. The van der Waals surface area contributed by atoms with Crippen molar-refractivity contribution in [3.8, 4) is 0 Å². The number of furan rings is 1. The lowest BCUT2D eigenvalue weighted by atomic mass is 10.1. The monoisotopic (exact) mass is 408 g/mol. The summed E-state index contributed by atoms with van der Waals surface area (Å²) in [7, 11) is 0. The smallest absolute Gasteiger partial charge is 0.290 e. The van der Waals surface area contributed by atoms with E-state index < -0.39 is 17.9 Å². The number of benzene rings is 2. The lowest BCUT2D eigenvalue weighted by molar-refractivity contribution is -0.122. The number of para-hydroxylation sites is 1. The van der Waals surface area contributed by atoms with Gasteiger partial charge in [0, 0.05) is 11.6 Å². The van der Waals surface area contributed by atoms with Crippen molar-refractivity contribution in [2.75, 3.05) is 4.90 Å². The van der Waals surface area contributed by atoms with Gasteiger partial charge >= 0.3 is 0 Å². The van der Waals surface area contributed by atoms with Crippen molar-refractivity contribution in [1.29, 1.82) is 0 Å². The Bertz CT molecular complexity index is 1050. The lowest BCUT2D eigenvalue weighted by Crippen LogP contribution is -2.45. The first-order valence-corrected chi connectivity index (χ1v) is 9.44. The highest BCUT2D eigenvalue weighted by atomic mass is 35.5. The molecule has 1 aliphatic heterocycles. The highest BCUT2D eigenvalue weighted by Gasteiger charge is 2.45. The Morgan fingerprint density at radius 3 is 2.45 bits per heavy atom. The van der Waals surface area contributed by atoms with Crippen LogP contribution in [0.4, 0.5) is 5.69 Å². The predicted molar refractivity (Wildman–Crippen MR) is 107 cm³/mol. The van der Waals surface area contributed by atoms with E-state index in [1.807, 2.05) is 0 Å². The third kappa shape index (κ3) is 3.67. The van der Waals surface area contributed by atoms with E-state index in [1.165, 1.54) is 17.2 Å². The second kappa shape index (κ2) is 7.93. The van der Waals surface area contributed by atoms with E-state index in [-0.39, 0.29) is 24.6 Å². The zero-order valence-electron chi connectivity index (χ0n) is 15.3. The molecule has 0 N–H and O–H groups in total. The van der Waals surface area contributed by atoms with Gasteiger partial charge in [-0.15, -0.1) is 0 Å². The molecule has 7 heteroatoms. The molecule has 4 rings (SSSR count). The molecule has 1 atom stereocenters. The van der Waals surface area contributed by atoms with E-state index >= 15 is 0 Å². The van der Waals surface area contributed by atoms with Gasteiger partial charge in [0.15, 0.2) is 5.76 Å². The highest BCUT2D eigenvalue weighted by molar-refractivity contribution is 6.31. The lowest BCUT2D eigenvalue weighted by Gasteiger charge is -2.27. The molecular formula is C22H17ClN2O4. The number of hydrogen-bond donors (Lipinski definition) is 0. The molecule has 0 radical (unpaired) electrons. The van der Waals surface area contributed by atoms with Gasteiger partial charge in [0.05, 0.1) is 18.4 Å². The average molecular weight is 409 g/mol. The first-order valence-electron chi connectivity index (χ1n) is 9.06. The number of imide groups is 1. The van der Waals surface area contributed by atoms with E-state index in [9.17, 15) is 14.4 Å². The molecule has 2 heterocycles. The van der Waals surface area contributed by atoms with Crippen molar-refractivity contribution < 1.29 is 18.8 Å². The zero-order valence-corrected chi connectivity index (χ0v) is 16.1. The summed E-state index contributed by atoms with van der Waals surface area (Å²) < 4.78 is 5.24. The number of amides is 3. The van der Waals surface area contributed by atoms with Gasteiger partial charge in [0.25, 0.3) is 11.8 Å². The largest absolute Gasteiger partial charge is 0.459 e. The number of hydrogen-bond acceptors (Lipinski definition) is 4. The van der Waals surface area contributed by atoms with Crippen LogP contribution in [-0.2, 0) is 16.1 Å². The van der Waals surface area contributed by atoms with E-state index in [4.69, 9.17) is 16.0 Å². The van der Waals surface area contributed by atoms with Crippen LogP contribution >= 0.6 is 11.6 Å². The normalized spacial score (nSPS) is 16.3. The molecule has 6 nitrogen and oxygen atoms in total. The average Bonchev–Trinajstić information content (AvgIpc) is 3.36. The molecule has 0 spiro atoms. The minimum absolute atomic E-state index is 0.0749. The van der Waals surface area contributed by atoms with Crippen molar-refractivity contribution in [3.05, 3.63) is 89.3 Å². The summed E-state index contributed by atoms with van der Waals surface area (Å²) in [6.45, 7) is 0.0749. The fraction of sp³-hybridized carbons (Fsp3) is 0.136. The summed E-state index contributed by atoms with van der Waals surface area (Å²) in [5.74, 6) is -1.19. The summed E-state index contributed by atoms with van der Waals surface area (Å²) in [6.07, 6.45) is 1.28. The van der Waals surface area contributed by atoms with Crippen molar-refractivity contribution >= 4 is 35.0 Å². The Morgan fingerprint density at radius 2 is 1.76 bits per heavy atom. The van der Waals surface area contributed by atoms with Crippen molar-refractivity contribution in [1.82, 2.24) is 4.90 Å². The summed E-state index contributed by atoms with van der Waals surface area (Å²) in [6, 6.07) is 17.9. The maximum atomic E-state index is 13.2. The van der Waals surface area contributed by atoms with Crippen LogP contribution in [0, 0.1) is 0 Å². The third-order valence-electron chi connectivity index (χ3n) is 4.80. The summed E-state index contributed by atoms with van der Waals surface area (Å²) in [4.78, 5) is 41.4. The molecule has 2 aromatic carbocycles. The molecule has 1 aliphatic rings. The maximum Gasteiger partial charge on any atom is 0.290 e. The number of rotatable bonds is 5. The zero-order chi connectivity index (χ0) is 20.4. The van der Waals surface area contributed by atoms with E-state index in [0.29, 0.717) is 16.3 Å². The van der Waals surface area contributed by atoms with E-state index in [1.54, 1.807) is 60.7 Å². The molecule has 0 aliphatic carbocycles. The Hall–Kier alpha value is -3.38. The molecule has 3 amide bonds. The third-order valence-corrected chi connectivity index (χ3v) is 5.17. The second-order valence-corrected chi connectivity index (χ2v) is 7.03. The molecule has 0 saturated carbocycles. The first-order chi connectivity index (χ1) is 14.1. The van der Waals surface area contributed by atoms with E-state index in [0.717, 1.165) is 4.90 Å². The van der Waals surface area contributed by atoms with Crippen molar-refractivity contribution in [2.24, 2.45) is 0 Å². The minimum Gasteiger partial charge on any atom is -0.459 e. The Morgan fingerprint density at radius 1 is 1.03 bits per heavy atom. The molecule has 0 bridgehead atoms. The molecule has 29 heavy (non-hydrogen) atoms. The fourth-order valence-corrected chi connectivity index (χ4v) is 3.58. The predicted octanol–water partition coefficient (Wildman–Crippen LogP) is 3.91. The van der Waals surface area contributed by atoms with Crippen molar-refractivity contribution in [3.63, 3.8) is 0 Å². The number of nitrogens with zero attached hydrogens (tertiary/aromatic N) is 2. The van der Waals surface area contributed by atoms with Gasteiger partial charge in [-0.2, -0.15) is 0 Å². The standard InChI is InChI=1S/C22H17ClN2O4/c23-17-10-5-4-7-15(17)14-24(22(28)19-11-6-12-29-19)18-13-20(26)25(21(18)27)16-8-2-1-3-9-16/h1-12,18H,13-14H2. The Labute approximate surface area is 172 Å². The van der Waals surface area contributed by atoms with Crippen molar-refractivity contribution in [2.45, 2.75) is 19.0 Å². The van der Waals surface area contributed by atoms with Crippen LogP contribution in [0.3, 0.4) is 0 Å². The Balaban J connectivity index is 1.69. The second-order valence-electron chi connectivity index (χ2n) is 6.62. The van der Waals surface area contributed by atoms with Crippen LogP contribution in [0.15, 0.2) is 77.4 Å². The quantitative estimate of drug-likeness (QED) is 0.600. The van der Waals surface area contributed by atoms with Crippen LogP contribution in [-0.4, -0.2) is 28.7 Å². The van der Waals surface area contributed by atoms with Crippen LogP contribution < -0.4 is 4.90 Å². The number of halogens is 1. The number of anilines is 1. The summed E-state index contributed by atoms with van der Waals surface area (Å²) in [5.41, 5.74) is 1.15. The molecule has 1 aromatic heterocycles. The molecular weight excluding hydrogens is 392 g/mol. The molecule has 3 aromatic rings. The molecule has 1 fully saturated rings. The van der Waals surface area contributed by atoms with Gasteiger partial charge in [-0.3, -0.25) is 14.4 Å². The minimum atomic E-state index is -0.948. The van der Waals surface area contributed by atoms with E-state index in [2.05, 4.69) is 0 Å².